The molecular formula is C26H27BrN4O7. The lowest BCUT2D eigenvalue weighted by Gasteiger charge is -2.22. The van der Waals surface area contributed by atoms with Crippen molar-refractivity contribution in [3.8, 4) is 11.5 Å². The van der Waals surface area contributed by atoms with Crippen molar-refractivity contribution in [2.24, 2.45) is 5.10 Å². The predicted octanol–water partition coefficient (Wildman–Crippen LogP) is 4.95. The van der Waals surface area contributed by atoms with Gasteiger partial charge in [-0.05, 0) is 44.0 Å². The minimum atomic E-state index is -0.697. The fourth-order valence-electron chi connectivity index (χ4n) is 4.44. The molecule has 38 heavy (non-hydrogen) atoms. The van der Waals surface area contributed by atoms with Crippen molar-refractivity contribution in [1.82, 2.24) is 9.66 Å². The summed E-state index contributed by atoms with van der Waals surface area (Å²) in [6.45, 7) is 1.38. The number of ether oxygens (including phenoxy) is 3. The highest BCUT2D eigenvalue weighted by molar-refractivity contribution is 9.10. The summed E-state index contributed by atoms with van der Waals surface area (Å²) in [4.78, 5) is 41.1. The van der Waals surface area contributed by atoms with E-state index in [-0.39, 0.29) is 29.6 Å². The molecule has 1 aliphatic rings. The molecule has 4 rings (SSSR count). The van der Waals surface area contributed by atoms with Gasteiger partial charge in [0.2, 0.25) is 5.75 Å². The molecule has 11 nitrogen and oxygen atoms in total. The van der Waals surface area contributed by atoms with Gasteiger partial charge in [0.1, 0.15) is 5.82 Å². The second-order valence-electron chi connectivity index (χ2n) is 8.75. The van der Waals surface area contributed by atoms with Crippen LogP contribution >= 0.6 is 15.9 Å². The van der Waals surface area contributed by atoms with Gasteiger partial charge in [-0.25, -0.2) is 9.78 Å². The first-order valence-electron chi connectivity index (χ1n) is 12.2. The normalized spacial score (nSPS) is 14.1. The van der Waals surface area contributed by atoms with E-state index in [1.165, 1.54) is 30.1 Å². The first kappa shape index (κ1) is 27.2. The lowest BCUT2D eigenvalue weighted by Crippen LogP contribution is -2.25. The zero-order chi connectivity index (χ0) is 27.2. The fraction of sp³-hybridized carbons (Fsp3) is 0.385. The van der Waals surface area contributed by atoms with Crippen molar-refractivity contribution in [1.29, 1.82) is 0 Å². The molecule has 0 aliphatic heterocycles. The molecule has 1 aliphatic carbocycles. The molecule has 3 aromatic rings. The standard InChI is InChI=1S/C26H27BrN4O7/c1-3-37-22-12-16(11-21(31(34)35)24(22)38-15-23(32)36-2)14-28-30-25(17-7-5-4-6-8-17)29-20-10-9-18(27)13-19(20)26(30)33/h9-14,17H,3-8,15H2,1-2H3. The Labute approximate surface area is 226 Å². The highest BCUT2D eigenvalue weighted by Crippen LogP contribution is 2.38. The van der Waals surface area contributed by atoms with Crippen molar-refractivity contribution in [3.05, 3.63) is 66.7 Å². The topological polar surface area (TPSA) is 135 Å². The van der Waals surface area contributed by atoms with Crippen LogP contribution in [0.15, 0.2) is 44.7 Å². The molecule has 12 heteroatoms. The predicted molar refractivity (Wildman–Crippen MR) is 144 cm³/mol. The Morgan fingerprint density at radius 1 is 1.24 bits per heavy atom. The average Bonchev–Trinajstić information content (AvgIpc) is 2.92. The summed E-state index contributed by atoms with van der Waals surface area (Å²) in [6.07, 6.45) is 6.38. The molecule has 0 saturated heterocycles. The van der Waals surface area contributed by atoms with Crippen LogP contribution in [0.2, 0.25) is 0 Å². The van der Waals surface area contributed by atoms with E-state index in [1.807, 2.05) is 6.07 Å². The van der Waals surface area contributed by atoms with Crippen molar-refractivity contribution in [2.75, 3.05) is 20.3 Å². The number of halogens is 1. The Bertz CT molecular complexity index is 1450. The summed E-state index contributed by atoms with van der Waals surface area (Å²) in [5, 5.41) is 16.7. The maximum atomic E-state index is 13.5. The Hall–Kier alpha value is -3.80. The zero-order valence-corrected chi connectivity index (χ0v) is 22.6. The van der Waals surface area contributed by atoms with Crippen LogP contribution < -0.4 is 15.0 Å². The number of nitro groups is 1. The van der Waals surface area contributed by atoms with Crippen LogP contribution in [0.1, 0.15) is 56.3 Å². The number of benzene rings is 2. The number of hydrogen-bond acceptors (Lipinski definition) is 9. The highest BCUT2D eigenvalue weighted by Gasteiger charge is 2.25. The van der Waals surface area contributed by atoms with Gasteiger partial charge in [-0.3, -0.25) is 14.9 Å². The summed E-state index contributed by atoms with van der Waals surface area (Å²) in [7, 11) is 1.19. The first-order chi connectivity index (χ1) is 18.3. The number of esters is 1. The van der Waals surface area contributed by atoms with Crippen LogP contribution in [0.5, 0.6) is 11.5 Å². The quantitative estimate of drug-likeness (QED) is 0.149. The molecule has 1 heterocycles. The van der Waals surface area contributed by atoms with Gasteiger partial charge in [0.25, 0.3) is 5.56 Å². The minimum absolute atomic E-state index is 0.0625. The molecule has 2 aromatic carbocycles. The molecule has 0 spiro atoms. The van der Waals surface area contributed by atoms with E-state index in [4.69, 9.17) is 14.5 Å². The fourth-order valence-corrected chi connectivity index (χ4v) is 4.80. The van der Waals surface area contributed by atoms with E-state index in [9.17, 15) is 19.7 Å². The first-order valence-corrected chi connectivity index (χ1v) is 13.0. The van der Waals surface area contributed by atoms with Gasteiger partial charge in [-0.1, -0.05) is 35.2 Å². The summed E-state index contributed by atoms with van der Waals surface area (Å²) >= 11 is 3.41. The van der Waals surface area contributed by atoms with Gasteiger partial charge in [0.15, 0.2) is 12.4 Å². The smallest absolute Gasteiger partial charge is 0.343 e. The highest BCUT2D eigenvalue weighted by atomic mass is 79.9. The van der Waals surface area contributed by atoms with Gasteiger partial charge < -0.3 is 14.2 Å². The van der Waals surface area contributed by atoms with Gasteiger partial charge in [0, 0.05) is 22.0 Å². The Morgan fingerprint density at radius 2 is 2.00 bits per heavy atom. The summed E-state index contributed by atoms with van der Waals surface area (Å²) in [6, 6.07) is 8.09. The second kappa shape index (κ2) is 12.2. The molecule has 0 radical (unpaired) electrons. The van der Waals surface area contributed by atoms with Crippen LogP contribution in [-0.4, -0.2) is 47.1 Å². The number of carbonyl (C=O) groups is 1. The molecule has 1 saturated carbocycles. The molecule has 0 N–H and O–H groups in total. The molecule has 0 bridgehead atoms. The molecule has 1 aromatic heterocycles. The molecule has 200 valence electrons. The van der Waals surface area contributed by atoms with Gasteiger partial charge in [-0.2, -0.15) is 9.78 Å². The lowest BCUT2D eigenvalue weighted by atomic mass is 9.88. The summed E-state index contributed by atoms with van der Waals surface area (Å²) in [5.41, 5.74) is 0.153. The number of fused-ring (bicyclic) bond motifs is 1. The third-order valence-electron chi connectivity index (χ3n) is 6.24. The van der Waals surface area contributed by atoms with Crippen molar-refractivity contribution in [2.45, 2.75) is 44.9 Å². The van der Waals surface area contributed by atoms with E-state index in [0.29, 0.717) is 22.3 Å². The van der Waals surface area contributed by atoms with Crippen LogP contribution in [-0.2, 0) is 9.53 Å². The third-order valence-corrected chi connectivity index (χ3v) is 6.74. The Balaban J connectivity index is 1.82. The average molecular weight is 587 g/mol. The van der Waals surface area contributed by atoms with E-state index in [0.717, 1.165) is 36.6 Å². The lowest BCUT2D eigenvalue weighted by molar-refractivity contribution is -0.385. The summed E-state index contributed by atoms with van der Waals surface area (Å²) < 4.78 is 17.5. The third kappa shape index (κ3) is 6.01. The molecule has 0 atom stereocenters. The number of nitrogens with zero attached hydrogens (tertiary/aromatic N) is 4. The number of methoxy groups -OCH3 is 1. The maximum absolute atomic E-state index is 13.5. The van der Waals surface area contributed by atoms with Crippen LogP contribution in [0.25, 0.3) is 10.9 Å². The van der Waals surface area contributed by atoms with Crippen LogP contribution in [0, 0.1) is 10.1 Å². The van der Waals surface area contributed by atoms with E-state index in [1.54, 1.807) is 19.1 Å². The van der Waals surface area contributed by atoms with Gasteiger partial charge in [0.05, 0.1) is 35.8 Å². The monoisotopic (exact) mass is 586 g/mol. The summed E-state index contributed by atoms with van der Waals surface area (Å²) in [5.74, 6) is -0.191. The van der Waals surface area contributed by atoms with E-state index in [2.05, 4.69) is 25.8 Å². The van der Waals surface area contributed by atoms with E-state index < -0.39 is 23.2 Å². The van der Waals surface area contributed by atoms with Crippen molar-refractivity contribution < 1.29 is 23.9 Å². The van der Waals surface area contributed by atoms with Crippen LogP contribution in [0.3, 0.4) is 0 Å². The largest absolute Gasteiger partial charge is 0.490 e. The van der Waals surface area contributed by atoms with Crippen molar-refractivity contribution >= 4 is 44.7 Å². The van der Waals surface area contributed by atoms with Crippen molar-refractivity contribution in [3.63, 3.8) is 0 Å². The number of hydrogen-bond donors (Lipinski definition) is 0. The van der Waals surface area contributed by atoms with E-state index >= 15 is 0 Å². The Morgan fingerprint density at radius 3 is 2.68 bits per heavy atom. The van der Waals surface area contributed by atoms with Gasteiger partial charge >= 0.3 is 11.7 Å². The second-order valence-corrected chi connectivity index (χ2v) is 9.67. The van der Waals surface area contributed by atoms with Crippen LogP contribution in [0.4, 0.5) is 5.69 Å². The maximum Gasteiger partial charge on any atom is 0.343 e. The number of rotatable bonds is 9. The Kier molecular flexibility index (Phi) is 8.72. The zero-order valence-electron chi connectivity index (χ0n) is 21.0. The molecule has 0 unspecified atom stereocenters. The number of carbonyl (C=O) groups excluding carboxylic acids is 1. The molecule has 1 fully saturated rings. The SMILES string of the molecule is CCOc1cc(C=Nn2c(C3CCCCC3)nc3ccc(Br)cc3c2=O)cc([N+](=O)[O-])c1OCC(=O)OC. The minimum Gasteiger partial charge on any atom is -0.490 e. The molecule has 0 amide bonds. The number of aromatic nitrogens is 2. The molecular weight excluding hydrogens is 560 g/mol. The van der Waals surface area contributed by atoms with Gasteiger partial charge in [-0.15, -0.1) is 0 Å². The number of nitro benzene ring substituents is 1.